The van der Waals surface area contributed by atoms with E-state index in [2.05, 4.69) is 11.1 Å². The maximum absolute atomic E-state index is 12.6. The van der Waals surface area contributed by atoms with Gasteiger partial charge in [-0.2, -0.15) is 26.3 Å². The quantitative estimate of drug-likeness (QED) is 0.397. The minimum absolute atomic E-state index is 0. The number of rotatable bonds is 0. The van der Waals surface area contributed by atoms with Gasteiger partial charge in [-0.1, -0.05) is 6.07 Å². The van der Waals surface area contributed by atoms with Gasteiger partial charge in [0.2, 0.25) is 0 Å². The van der Waals surface area contributed by atoms with Crippen LogP contribution in [0, 0.1) is 6.07 Å². The Hall–Kier alpha value is -1.19. The second-order valence-corrected chi connectivity index (χ2v) is 3.48. The van der Waals surface area contributed by atoms with E-state index in [0.29, 0.717) is 12.1 Å². The first kappa shape index (κ1) is 15.9. The largest absolute Gasteiger partial charge is 1.00 e. The third-order valence-electron chi connectivity index (χ3n) is 2.23. The molecule has 0 bridgehead atoms. The molecule has 2 aromatic rings. The summed E-state index contributed by atoms with van der Waals surface area (Å²) in [5.41, 5.74) is -3.35. The van der Waals surface area contributed by atoms with Gasteiger partial charge >= 0.3 is 31.2 Å². The Morgan fingerprint density at radius 1 is 0.947 bits per heavy atom. The number of pyridine rings is 1. The predicted octanol–water partition coefficient (Wildman–Crippen LogP) is 1.08. The van der Waals surface area contributed by atoms with E-state index in [0.717, 1.165) is 6.07 Å². The van der Waals surface area contributed by atoms with Gasteiger partial charge in [-0.15, -0.1) is 29.7 Å². The van der Waals surface area contributed by atoms with Crippen molar-refractivity contribution in [2.75, 3.05) is 0 Å². The van der Waals surface area contributed by atoms with Crippen molar-refractivity contribution in [1.82, 2.24) is 4.98 Å². The zero-order chi connectivity index (χ0) is 13.6. The van der Waals surface area contributed by atoms with E-state index in [1.165, 1.54) is 6.07 Å². The van der Waals surface area contributed by atoms with Gasteiger partial charge in [-0.25, -0.2) is 0 Å². The minimum Gasteiger partial charge on any atom is -0.339 e. The maximum atomic E-state index is 12.6. The zero-order valence-corrected chi connectivity index (χ0v) is 9.52. The van der Waals surface area contributed by atoms with Gasteiger partial charge in [0.1, 0.15) is 0 Å². The number of benzene rings is 1. The molecule has 0 saturated carbocycles. The smallest absolute Gasteiger partial charge is 0.339 e. The Morgan fingerprint density at radius 2 is 1.58 bits per heavy atom. The van der Waals surface area contributed by atoms with E-state index in [1.807, 2.05) is 0 Å². The van der Waals surface area contributed by atoms with Crippen molar-refractivity contribution in [3.05, 3.63) is 41.6 Å². The summed E-state index contributed by atoms with van der Waals surface area (Å²) in [5, 5.41) is -0.113. The topological polar surface area (TPSA) is 12.9 Å². The first-order valence-electron chi connectivity index (χ1n) is 4.65. The fourth-order valence-corrected chi connectivity index (χ4v) is 1.45. The van der Waals surface area contributed by atoms with E-state index in [1.54, 1.807) is 0 Å². The zero-order valence-electron chi connectivity index (χ0n) is 9.52. The van der Waals surface area contributed by atoms with Crippen LogP contribution >= 0.6 is 0 Å². The van der Waals surface area contributed by atoms with Gasteiger partial charge in [-0.3, -0.25) is 0 Å². The maximum Gasteiger partial charge on any atom is 1.00 e. The Labute approximate surface area is 115 Å². The molecule has 1 nitrogen and oxygen atoms in total. The summed E-state index contributed by atoms with van der Waals surface area (Å²) in [5.74, 6) is 0. The predicted molar refractivity (Wildman–Crippen MR) is 50.6 cm³/mol. The van der Waals surface area contributed by atoms with Crippen molar-refractivity contribution in [3.63, 3.8) is 0 Å². The molecule has 1 aromatic carbocycles. The molecule has 0 N–H and O–H groups in total. The molecular formula is C11H4F6LiN. The average molecular weight is 271 g/mol. The van der Waals surface area contributed by atoms with Gasteiger partial charge < -0.3 is 4.98 Å². The van der Waals surface area contributed by atoms with Gasteiger partial charge in [0.05, 0.1) is 5.69 Å². The first-order chi connectivity index (χ1) is 8.19. The van der Waals surface area contributed by atoms with Crippen LogP contribution in [0.5, 0.6) is 0 Å². The van der Waals surface area contributed by atoms with Gasteiger partial charge in [-0.05, 0) is 5.52 Å². The van der Waals surface area contributed by atoms with Crippen LogP contribution in [-0.4, -0.2) is 4.98 Å². The molecule has 0 atom stereocenters. The normalized spacial score (nSPS) is 12.3. The molecular weight excluding hydrogens is 267 g/mol. The molecule has 0 aliphatic rings. The Bertz CT molecular complexity index is 590. The van der Waals surface area contributed by atoms with Gasteiger partial charge in [0, 0.05) is 5.56 Å². The molecule has 96 valence electrons. The molecule has 1 heterocycles. The Kier molecular flexibility index (Phi) is 4.23. The number of fused-ring (bicyclic) bond motifs is 1. The van der Waals surface area contributed by atoms with E-state index < -0.39 is 29.1 Å². The van der Waals surface area contributed by atoms with Crippen LogP contribution in [0.3, 0.4) is 0 Å². The molecule has 2 rings (SSSR count). The molecule has 0 amide bonds. The summed E-state index contributed by atoms with van der Waals surface area (Å²) in [6, 6.07) is 5.68. The molecule has 0 radical (unpaired) electrons. The van der Waals surface area contributed by atoms with Crippen molar-refractivity contribution in [3.8, 4) is 0 Å². The fraction of sp³-hybridized carbons (Fsp3) is 0.182. The third-order valence-corrected chi connectivity index (χ3v) is 2.23. The molecule has 0 spiro atoms. The molecule has 19 heavy (non-hydrogen) atoms. The summed E-state index contributed by atoms with van der Waals surface area (Å²) < 4.78 is 75.0. The molecule has 0 unspecified atom stereocenters. The third kappa shape index (κ3) is 3.22. The van der Waals surface area contributed by atoms with Gasteiger partial charge in [0.25, 0.3) is 0 Å². The number of alkyl halides is 6. The van der Waals surface area contributed by atoms with E-state index in [-0.39, 0.29) is 24.2 Å². The monoisotopic (exact) mass is 271 g/mol. The summed E-state index contributed by atoms with van der Waals surface area (Å²) in [6.45, 7) is 0. The number of halogens is 6. The Balaban J connectivity index is 0.00000180. The van der Waals surface area contributed by atoms with Crippen LogP contribution in [0.25, 0.3) is 10.9 Å². The molecule has 0 saturated heterocycles. The van der Waals surface area contributed by atoms with Crippen molar-refractivity contribution in [2.45, 2.75) is 12.4 Å². The van der Waals surface area contributed by atoms with Crippen LogP contribution in [-0.2, 0) is 12.4 Å². The SMILES string of the molecule is FC(F)(F)c1c[c-]c2cccc(C(F)(F)F)c2n1.[Li+]. The summed E-state index contributed by atoms with van der Waals surface area (Å²) in [6.07, 6.45) is -9.56. The van der Waals surface area contributed by atoms with E-state index >= 15 is 0 Å². The van der Waals surface area contributed by atoms with E-state index in [9.17, 15) is 26.3 Å². The first-order valence-corrected chi connectivity index (χ1v) is 4.65. The van der Waals surface area contributed by atoms with Crippen LogP contribution in [0.4, 0.5) is 26.3 Å². The number of para-hydroxylation sites is 1. The van der Waals surface area contributed by atoms with Crippen molar-refractivity contribution < 1.29 is 45.2 Å². The van der Waals surface area contributed by atoms with Gasteiger partial charge in [0.15, 0.2) is 0 Å². The molecule has 0 fully saturated rings. The summed E-state index contributed by atoms with van der Waals surface area (Å²) in [7, 11) is 0. The number of hydrogen-bond acceptors (Lipinski definition) is 1. The molecule has 8 heteroatoms. The summed E-state index contributed by atoms with van der Waals surface area (Å²) in [4.78, 5) is 3.04. The van der Waals surface area contributed by atoms with Crippen molar-refractivity contribution in [2.24, 2.45) is 0 Å². The second-order valence-electron chi connectivity index (χ2n) is 3.48. The van der Waals surface area contributed by atoms with Crippen molar-refractivity contribution >= 4 is 10.9 Å². The van der Waals surface area contributed by atoms with Crippen LogP contribution in [0.15, 0.2) is 24.3 Å². The summed E-state index contributed by atoms with van der Waals surface area (Å²) >= 11 is 0. The van der Waals surface area contributed by atoms with Crippen LogP contribution in [0.1, 0.15) is 11.3 Å². The molecule has 0 aliphatic carbocycles. The Morgan fingerprint density at radius 3 is 2.11 bits per heavy atom. The minimum atomic E-state index is -4.80. The van der Waals surface area contributed by atoms with Crippen LogP contribution in [0.2, 0.25) is 0 Å². The number of nitrogens with zero attached hydrogens (tertiary/aromatic N) is 1. The number of hydrogen-bond donors (Lipinski definition) is 0. The fourth-order valence-electron chi connectivity index (χ4n) is 1.45. The average Bonchev–Trinajstić information content (AvgIpc) is 2.25. The second kappa shape index (κ2) is 5.06. The number of aromatic nitrogens is 1. The van der Waals surface area contributed by atoms with Crippen LogP contribution < -0.4 is 18.9 Å². The molecule has 0 aliphatic heterocycles. The standard InChI is InChI=1S/C11H4F6N.Li/c12-10(13,14)7-3-1-2-6-4-5-8(11(15,16)17)18-9(6)7;/h1-3,5H;/q-1;+1. The molecule has 1 aromatic heterocycles. The van der Waals surface area contributed by atoms with Crippen molar-refractivity contribution in [1.29, 1.82) is 0 Å². The van der Waals surface area contributed by atoms with E-state index in [4.69, 9.17) is 0 Å².